The maximum Gasteiger partial charge on any atom is 0.180 e. The summed E-state index contributed by atoms with van der Waals surface area (Å²) in [6.07, 6.45) is 4.32. The first-order valence-corrected chi connectivity index (χ1v) is 4.93. The van der Waals surface area contributed by atoms with Crippen LogP contribution in [0.3, 0.4) is 0 Å². The number of nitrogens with zero attached hydrogens (tertiary/aromatic N) is 3. The number of aromatic nitrogens is 3. The Morgan fingerprint density at radius 1 is 1.27 bits per heavy atom. The summed E-state index contributed by atoms with van der Waals surface area (Å²) >= 11 is 0. The molecule has 0 aliphatic heterocycles. The second-order valence-corrected chi connectivity index (χ2v) is 3.75. The summed E-state index contributed by atoms with van der Waals surface area (Å²) < 4.78 is 0. The summed E-state index contributed by atoms with van der Waals surface area (Å²) in [7, 11) is 0. The predicted molar refractivity (Wildman–Crippen MR) is 57.3 cm³/mol. The van der Waals surface area contributed by atoms with E-state index in [1.165, 1.54) is 0 Å². The number of anilines is 1. The van der Waals surface area contributed by atoms with Gasteiger partial charge in [0.1, 0.15) is 11.3 Å². The van der Waals surface area contributed by atoms with Crippen LogP contribution < -0.4 is 11.1 Å². The number of hydrogen-bond donors (Lipinski definition) is 2. The fourth-order valence-corrected chi connectivity index (χ4v) is 1.51. The third-order valence-corrected chi connectivity index (χ3v) is 2.50. The maximum atomic E-state index is 5.71. The fraction of sp³-hybridized carbons (Fsp3) is 0.300. The van der Waals surface area contributed by atoms with Gasteiger partial charge in [-0.05, 0) is 18.6 Å². The molecule has 15 heavy (non-hydrogen) atoms. The fourth-order valence-electron chi connectivity index (χ4n) is 1.51. The van der Waals surface area contributed by atoms with E-state index in [1.807, 2.05) is 12.1 Å². The van der Waals surface area contributed by atoms with Gasteiger partial charge in [0, 0.05) is 24.5 Å². The van der Waals surface area contributed by atoms with Crippen LogP contribution in [0.1, 0.15) is 6.42 Å². The summed E-state index contributed by atoms with van der Waals surface area (Å²) in [4.78, 5) is 12.6. The number of nitrogens with one attached hydrogen (secondary N) is 1. The van der Waals surface area contributed by atoms with Gasteiger partial charge in [-0.25, -0.2) is 9.97 Å². The molecule has 0 bridgehead atoms. The summed E-state index contributed by atoms with van der Waals surface area (Å²) in [5, 5.41) is 3.25. The SMILES string of the molecule is NC1CC1Nc1ccc2nccnc2n1. The summed E-state index contributed by atoms with van der Waals surface area (Å²) in [5.74, 6) is 0.820. The maximum absolute atomic E-state index is 5.71. The predicted octanol–water partition coefficient (Wildman–Crippen LogP) is 0.536. The molecule has 76 valence electrons. The van der Waals surface area contributed by atoms with Gasteiger partial charge in [0.25, 0.3) is 0 Å². The van der Waals surface area contributed by atoms with Gasteiger partial charge in [0.2, 0.25) is 0 Å². The number of pyridine rings is 1. The first-order valence-electron chi connectivity index (χ1n) is 4.93. The van der Waals surface area contributed by atoms with E-state index in [4.69, 9.17) is 5.73 Å². The van der Waals surface area contributed by atoms with Crippen molar-refractivity contribution in [2.75, 3.05) is 5.32 Å². The van der Waals surface area contributed by atoms with Crippen LogP contribution in [0, 0.1) is 0 Å². The molecule has 0 spiro atoms. The van der Waals surface area contributed by atoms with Crippen molar-refractivity contribution in [1.29, 1.82) is 0 Å². The largest absolute Gasteiger partial charge is 0.366 e. The van der Waals surface area contributed by atoms with Gasteiger partial charge in [0.15, 0.2) is 5.65 Å². The Morgan fingerprint density at radius 3 is 2.87 bits per heavy atom. The van der Waals surface area contributed by atoms with Crippen LogP contribution in [-0.4, -0.2) is 27.0 Å². The van der Waals surface area contributed by atoms with Crippen molar-refractivity contribution in [3.8, 4) is 0 Å². The number of rotatable bonds is 2. The van der Waals surface area contributed by atoms with Crippen molar-refractivity contribution < 1.29 is 0 Å². The molecule has 5 nitrogen and oxygen atoms in total. The molecule has 2 heterocycles. The van der Waals surface area contributed by atoms with E-state index in [2.05, 4.69) is 20.3 Å². The topological polar surface area (TPSA) is 76.7 Å². The lowest BCUT2D eigenvalue weighted by atomic mass is 10.4. The lowest BCUT2D eigenvalue weighted by molar-refractivity contribution is 0.997. The van der Waals surface area contributed by atoms with Gasteiger partial charge in [-0.2, -0.15) is 0 Å². The van der Waals surface area contributed by atoms with Gasteiger partial charge in [-0.1, -0.05) is 0 Å². The number of nitrogens with two attached hydrogens (primary N) is 1. The Hall–Kier alpha value is -1.75. The van der Waals surface area contributed by atoms with Crippen LogP contribution in [0.15, 0.2) is 24.5 Å². The zero-order chi connectivity index (χ0) is 10.3. The summed E-state index contributed by atoms with van der Waals surface area (Å²) in [6, 6.07) is 4.45. The molecule has 2 aromatic heterocycles. The highest BCUT2D eigenvalue weighted by Crippen LogP contribution is 2.23. The third kappa shape index (κ3) is 1.61. The number of hydrogen-bond acceptors (Lipinski definition) is 5. The molecule has 5 heteroatoms. The van der Waals surface area contributed by atoms with Crippen molar-refractivity contribution in [3.05, 3.63) is 24.5 Å². The average Bonchev–Trinajstić information content (AvgIpc) is 2.94. The second-order valence-electron chi connectivity index (χ2n) is 3.75. The molecule has 1 aliphatic rings. The van der Waals surface area contributed by atoms with E-state index in [1.54, 1.807) is 12.4 Å². The van der Waals surface area contributed by atoms with E-state index in [-0.39, 0.29) is 6.04 Å². The Labute approximate surface area is 86.8 Å². The lowest BCUT2D eigenvalue weighted by Crippen LogP contribution is -2.13. The van der Waals surface area contributed by atoms with Gasteiger partial charge in [-0.3, -0.25) is 4.98 Å². The van der Waals surface area contributed by atoms with Gasteiger partial charge in [-0.15, -0.1) is 0 Å². The van der Waals surface area contributed by atoms with Crippen molar-refractivity contribution in [2.45, 2.75) is 18.5 Å². The Kier molecular flexibility index (Phi) is 1.78. The van der Waals surface area contributed by atoms with Gasteiger partial charge >= 0.3 is 0 Å². The smallest absolute Gasteiger partial charge is 0.180 e. The molecule has 3 rings (SSSR count). The Morgan fingerprint density at radius 2 is 2.07 bits per heavy atom. The van der Waals surface area contributed by atoms with Crippen LogP contribution in [0.2, 0.25) is 0 Å². The van der Waals surface area contributed by atoms with Crippen LogP contribution >= 0.6 is 0 Å². The third-order valence-electron chi connectivity index (χ3n) is 2.50. The minimum absolute atomic E-state index is 0.268. The molecule has 1 fully saturated rings. The van der Waals surface area contributed by atoms with Crippen LogP contribution in [0.4, 0.5) is 5.82 Å². The van der Waals surface area contributed by atoms with Crippen LogP contribution in [-0.2, 0) is 0 Å². The Balaban J connectivity index is 1.92. The molecule has 2 atom stereocenters. The molecular weight excluding hydrogens is 190 g/mol. The molecule has 2 aromatic rings. The normalized spacial score (nSPS) is 24.1. The first kappa shape index (κ1) is 8.55. The molecule has 3 N–H and O–H groups in total. The number of fused-ring (bicyclic) bond motifs is 1. The molecule has 2 unspecified atom stereocenters. The van der Waals surface area contributed by atoms with Crippen molar-refractivity contribution in [3.63, 3.8) is 0 Å². The minimum Gasteiger partial charge on any atom is -0.366 e. The second kappa shape index (κ2) is 3.13. The van der Waals surface area contributed by atoms with Crippen molar-refractivity contribution in [1.82, 2.24) is 15.0 Å². The van der Waals surface area contributed by atoms with E-state index in [9.17, 15) is 0 Å². The molecule has 0 saturated heterocycles. The molecule has 0 radical (unpaired) electrons. The highest BCUT2D eigenvalue weighted by Gasteiger charge is 2.33. The Bertz CT molecular complexity index is 498. The van der Waals surface area contributed by atoms with E-state index >= 15 is 0 Å². The zero-order valence-corrected chi connectivity index (χ0v) is 8.09. The minimum atomic E-state index is 0.268. The first-order chi connectivity index (χ1) is 7.33. The quantitative estimate of drug-likeness (QED) is 0.741. The van der Waals surface area contributed by atoms with Crippen LogP contribution in [0.25, 0.3) is 11.2 Å². The molecule has 0 amide bonds. The van der Waals surface area contributed by atoms with Crippen molar-refractivity contribution >= 4 is 17.0 Å². The monoisotopic (exact) mass is 201 g/mol. The average molecular weight is 201 g/mol. The van der Waals surface area contributed by atoms with E-state index < -0.39 is 0 Å². The van der Waals surface area contributed by atoms with Crippen molar-refractivity contribution in [2.24, 2.45) is 5.73 Å². The lowest BCUT2D eigenvalue weighted by Gasteiger charge is -2.03. The molecule has 0 aromatic carbocycles. The highest BCUT2D eigenvalue weighted by atomic mass is 15.1. The van der Waals surface area contributed by atoms with Gasteiger partial charge < -0.3 is 11.1 Å². The van der Waals surface area contributed by atoms with Crippen LogP contribution in [0.5, 0.6) is 0 Å². The highest BCUT2D eigenvalue weighted by molar-refractivity contribution is 5.71. The molecular formula is C10H11N5. The van der Waals surface area contributed by atoms with E-state index in [0.717, 1.165) is 17.8 Å². The molecule has 1 saturated carbocycles. The standard InChI is InChI=1S/C10H11N5/c11-6-5-8(6)14-9-2-1-7-10(15-9)13-4-3-12-7/h1-4,6,8H,5,11H2,(H,13,14,15). The zero-order valence-electron chi connectivity index (χ0n) is 8.09. The van der Waals surface area contributed by atoms with Gasteiger partial charge in [0.05, 0.1) is 0 Å². The van der Waals surface area contributed by atoms with E-state index in [0.29, 0.717) is 11.7 Å². The summed E-state index contributed by atoms with van der Waals surface area (Å²) in [6.45, 7) is 0. The molecule has 1 aliphatic carbocycles. The summed E-state index contributed by atoms with van der Waals surface area (Å²) in [5.41, 5.74) is 7.18.